The Bertz CT molecular complexity index is 571. The maximum Gasteiger partial charge on any atom is 0.472 e. The van der Waals surface area contributed by atoms with Gasteiger partial charge in [-0.1, -0.05) is 39.5 Å². The Morgan fingerprint density at radius 2 is 1.53 bits per heavy atom. The minimum Gasteiger partial charge on any atom is -0.480 e. The van der Waals surface area contributed by atoms with Gasteiger partial charge in [0.2, 0.25) is 0 Å². The Hall–Kier alpha value is -1.52. The molecule has 4 N–H and O–H groups in total. The van der Waals surface area contributed by atoms with Crippen LogP contribution in [0, 0.1) is 0 Å². The Labute approximate surface area is 176 Å². The van der Waals surface area contributed by atoms with Crippen molar-refractivity contribution < 1.29 is 47.5 Å². The van der Waals surface area contributed by atoms with E-state index in [1.54, 1.807) is 6.92 Å². The number of carbonyl (C=O) groups excluding carboxylic acids is 2. The average molecular weight is 455 g/mol. The molecular weight excluding hydrogens is 421 g/mol. The SMILES string of the molecule is CCCCCCCC(=O)OC[C@H](COP(=O)(O)OC[C@H](N)C(=O)O)OC(=O)CCC. The summed E-state index contributed by atoms with van der Waals surface area (Å²) in [7, 11) is -4.65. The van der Waals surface area contributed by atoms with Gasteiger partial charge in [-0.15, -0.1) is 0 Å². The van der Waals surface area contributed by atoms with Crippen LogP contribution in [0.1, 0.15) is 65.2 Å². The summed E-state index contributed by atoms with van der Waals surface area (Å²) in [4.78, 5) is 43.8. The van der Waals surface area contributed by atoms with Gasteiger partial charge in [0.25, 0.3) is 0 Å². The summed E-state index contributed by atoms with van der Waals surface area (Å²) in [5.74, 6) is -2.47. The Kier molecular flexibility index (Phi) is 15.4. The maximum absolute atomic E-state index is 11.8. The van der Waals surface area contributed by atoms with Gasteiger partial charge in [0.05, 0.1) is 13.2 Å². The molecule has 3 atom stereocenters. The molecule has 0 heterocycles. The smallest absolute Gasteiger partial charge is 0.472 e. The molecular formula is C18H34NO10P. The molecule has 0 aromatic carbocycles. The number of hydrogen-bond donors (Lipinski definition) is 3. The highest BCUT2D eigenvalue weighted by Gasteiger charge is 2.27. The minimum atomic E-state index is -4.65. The molecule has 0 bridgehead atoms. The van der Waals surface area contributed by atoms with E-state index >= 15 is 0 Å². The zero-order valence-electron chi connectivity index (χ0n) is 17.6. The third-order valence-corrected chi connectivity index (χ3v) is 4.78. The van der Waals surface area contributed by atoms with Gasteiger partial charge in [-0.25, -0.2) is 4.57 Å². The van der Waals surface area contributed by atoms with Gasteiger partial charge in [-0.2, -0.15) is 0 Å². The van der Waals surface area contributed by atoms with E-state index in [4.69, 9.17) is 24.8 Å². The van der Waals surface area contributed by atoms with Crippen LogP contribution in [0.3, 0.4) is 0 Å². The highest BCUT2D eigenvalue weighted by molar-refractivity contribution is 7.47. The zero-order valence-corrected chi connectivity index (χ0v) is 18.5. The van der Waals surface area contributed by atoms with Crippen LogP contribution in [-0.2, 0) is 37.5 Å². The first-order chi connectivity index (χ1) is 14.1. The lowest BCUT2D eigenvalue weighted by molar-refractivity contribution is -0.161. The molecule has 0 spiro atoms. The maximum atomic E-state index is 11.8. The highest BCUT2D eigenvalue weighted by Crippen LogP contribution is 2.43. The molecule has 1 unspecified atom stereocenters. The van der Waals surface area contributed by atoms with Crippen molar-refractivity contribution in [2.24, 2.45) is 5.73 Å². The van der Waals surface area contributed by atoms with Crippen molar-refractivity contribution in [1.82, 2.24) is 0 Å². The second-order valence-electron chi connectivity index (χ2n) is 6.71. The third kappa shape index (κ3) is 15.3. The topological polar surface area (TPSA) is 172 Å². The van der Waals surface area contributed by atoms with Crippen LogP contribution in [-0.4, -0.2) is 59.9 Å². The molecule has 0 aliphatic rings. The zero-order chi connectivity index (χ0) is 23.0. The summed E-state index contributed by atoms with van der Waals surface area (Å²) in [5.41, 5.74) is 5.19. The van der Waals surface area contributed by atoms with Gasteiger partial charge in [0.1, 0.15) is 12.6 Å². The van der Waals surface area contributed by atoms with E-state index in [1.807, 2.05) is 0 Å². The van der Waals surface area contributed by atoms with E-state index in [0.29, 0.717) is 12.8 Å². The van der Waals surface area contributed by atoms with Crippen LogP contribution in [0.5, 0.6) is 0 Å². The van der Waals surface area contributed by atoms with Crippen molar-refractivity contribution in [1.29, 1.82) is 0 Å². The molecule has 0 saturated heterocycles. The van der Waals surface area contributed by atoms with Gasteiger partial charge in [-0.05, 0) is 12.8 Å². The molecule has 176 valence electrons. The lowest BCUT2D eigenvalue weighted by Gasteiger charge is -2.20. The summed E-state index contributed by atoms with van der Waals surface area (Å²) >= 11 is 0. The first-order valence-electron chi connectivity index (χ1n) is 10.1. The third-order valence-electron chi connectivity index (χ3n) is 3.82. The number of esters is 2. The van der Waals surface area contributed by atoms with Crippen LogP contribution in [0.25, 0.3) is 0 Å². The van der Waals surface area contributed by atoms with Crippen LogP contribution >= 0.6 is 7.82 Å². The fourth-order valence-corrected chi connectivity index (χ4v) is 2.93. The van der Waals surface area contributed by atoms with Crippen molar-refractivity contribution >= 4 is 25.7 Å². The first-order valence-corrected chi connectivity index (χ1v) is 11.6. The molecule has 0 saturated carbocycles. The van der Waals surface area contributed by atoms with Crippen molar-refractivity contribution in [2.75, 3.05) is 19.8 Å². The quantitative estimate of drug-likeness (QED) is 0.157. The molecule has 0 aromatic heterocycles. The van der Waals surface area contributed by atoms with Gasteiger partial charge in [-0.3, -0.25) is 23.4 Å². The number of phosphoric ester groups is 1. The van der Waals surface area contributed by atoms with Crippen LogP contribution < -0.4 is 5.73 Å². The van der Waals surface area contributed by atoms with Crippen molar-refractivity contribution in [2.45, 2.75) is 77.4 Å². The number of carbonyl (C=O) groups is 3. The summed E-state index contributed by atoms with van der Waals surface area (Å²) in [6.45, 7) is 2.17. The standard InChI is InChI=1S/C18H34NO10P/c1-3-5-6-7-8-10-16(20)26-11-14(29-17(21)9-4-2)12-27-30(24,25)28-13-15(19)18(22)23/h14-15H,3-13,19H2,1-2H3,(H,22,23)(H,24,25)/t14-,15+/m1/s1. The number of unbranched alkanes of at least 4 members (excludes halogenated alkanes) is 4. The van der Waals surface area contributed by atoms with Gasteiger partial charge in [0.15, 0.2) is 6.10 Å². The molecule has 0 aliphatic carbocycles. The fourth-order valence-electron chi connectivity index (χ4n) is 2.16. The minimum absolute atomic E-state index is 0.114. The number of hydrogen-bond acceptors (Lipinski definition) is 9. The number of carboxylic acid groups (broad SMARTS) is 1. The Morgan fingerprint density at radius 1 is 0.900 bits per heavy atom. The summed E-state index contributed by atoms with van der Waals surface area (Å²) in [6, 6.07) is -1.51. The first kappa shape index (κ1) is 28.5. The number of nitrogens with two attached hydrogens (primary N) is 1. The molecule has 0 aromatic rings. The Balaban J connectivity index is 4.55. The molecule has 0 rings (SSSR count). The van der Waals surface area contributed by atoms with Gasteiger partial charge < -0.3 is 25.2 Å². The van der Waals surface area contributed by atoms with E-state index in [0.717, 1.165) is 25.7 Å². The lowest BCUT2D eigenvalue weighted by Crippen LogP contribution is -2.34. The molecule has 30 heavy (non-hydrogen) atoms. The number of ether oxygens (including phenoxy) is 2. The van der Waals surface area contributed by atoms with Gasteiger partial charge in [0, 0.05) is 12.8 Å². The highest BCUT2D eigenvalue weighted by atomic mass is 31.2. The lowest BCUT2D eigenvalue weighted by atomic mass is 10.1. The van der Waals surface area contributed by atoms with Crippen LogP contribution in [0.2, 0.25) is 0 Å². The molecule has 0 radical (unpaired) electrons. The second-order valence-corrected chi connectivity index (χ2v) is 8.17. The van der Waals surface area contributed by atoms with E-state index in [1.165, 1.54) is 0 Å². The number of phosphoric acid groups is 1. The van der Waals surface area contributed by atoms with E-state index in [-0.39, 0.29) is 19.4 Å². The Morgan fingerprint density at radius 3 is 2.13 bits per heavy atom. The number of aliphatic carboxylic acids is 1. The fraction of sp³-hybridized carbons (Fsp3) is 0.833. The predicted molar refractivity (Wildman–Crippen MR) is 106 cm³/mol. The molecule has 11 nitrogen and oxygen atoms in total. The average Bonchev–Trinajstić information content (AvgIpc) is 2.68. The molecule has 12 heteroatoms. The van der Waals surface area contributed by atoms with Crippen LogP contribution in [0.4, 0.5) is 0 Å². The molecule has 0 fully saturated rings. The predicted octanol–water partition coefficient (Wildman–Crippen LogP) is 2.15. The van der Waals surface area contributed by atoms with Crippen molar-refractivity contribution in [3.05, 3.63) is 0 Å². The normalized spacial score (nSPS) is 15.1. The number of rotatable bonds is 18. The molecule has 0 amide bonds. The second kappa shape index (κ2) is 16.2. The summed E-state index contributed by atoms with van der Waals surface area (Å²) < 4.78 is 31.3. The largest absolute Gasteiger partial charge is 0.480 e. The van der Waals surface area contributed by atoms with E-state index < -0.39 is 51.1 Å². The van der Waals surface area contributed by atoms with Gasteiger partial charge >= 0.3 is 25.7 Å². The van der Waals surface area contributed by atoms with E-state index in [2.05, 4.69) is 11.4 Å². The van der Waals surface area contributed by atoms with Crippen molar-refractivity contribution in [3.63, 3.8) is 0 Å². The van der Waals surface area contributed by atoms with Crippen molar-refractivity contribution in [3.8, 4) is 0 Å². The monoisotopic (exact) mass is 455 g/mol. The molecule has 0 aliphatic heterocycles. The summed E-state index contributed by atoms with van der Waals surface area (Å²) in [5, 5.41) is 8.65. The van der Waals surface area contributed by atoms with Crippen LogP contribution in [0.15, 0.2) is 0 Å². The number of carboxylic acids is 1. The summed E-state index contributed by atoms with van der Waals surface area (Å²) in [6.07, 6.45) is 4.55. The van der Waals surface area contributed by atoms with E-state index in [9.17, 15) is 23.8 Å².